The first-order valence-corrected chi connectivity index (χ1v) is 9.84. The number of carbonyl (C=O) groups excluding carboxylic acids is 1. The van der Waals surface area contributed by atoms with Crippen molar-refractivity contribution in [3.05, 3.63) is 36.0 Å². The Balaban J connectivity index is 1.46. The van der Waals surface area contributed by atoms with E-state index < -0.39 is 0 Å². The van der Waals surface area contributed by atoms with Crippen LogP contribution in [0.15, 0.2) is 40.0 Å². The number of carbonyl (C=O) groups is 1. The van der Waals surface area contributed by atoms with Crippen LogP contribution in [0, 0.1) is 0 Å². The lowest BCUT2D eigenvalue weighted by atomic mass is 9.92. The lowest BCUT2D eigenvalue weighted by molar-refractivity contribution is -0.113. The molecular weight excluding hydrogens is 370 g/mol. The Hall–Kier alpha value is -2.39. The van der Waals surface area contributed by atoms with Gasteiger partial charge in [0.05, 0.1) is 21.7 Å². The molecule has 7 nitrogen and oxygen atoms in total. The van der Waals surface area contributed by atoms with Gasteiger partial charge >= 0.3 is 0 Å². The highest BCUT2D eigenvalue weighted by Gasteiger charge is 2.20. The highest BCUT2D eigenvalue weighted by molar-refractivity contribution is 7.99. The van der Waals surface area contributed by atoms with Crippen molar-refractivity contribution in [1.82, 2.24) is 19.8 Å². The zero-order valence-corrected chi connectivity index (χ0v) is 16.1. The van der Waals surface area contributed by atoms with Gasteiger partial charge in [-0.1, -0.05) is 61.2 Å². The van der Waals surface area contributed by atoms with Crippen molar-refractivity contribution in [2.75, 3.05) is 11.1 Å². The fraction of sp³-hybridized carbons (Fsp3) is 0.294. The number of thioether (sulfide) groups is 1. The summed E-state index contributed by atoms with van der Waals surface area (Å²) in [5.74, 6) is 0.382. The van der Waals surface area contributed by atoms with E-state index in [4.69, 9.17) is 4.52 Å². The molecule has 3 aromatic heterocycles. The third-order valence-corrected chi connectivity index (χ3v) is 5.73. The summed E-state index contributed by atoms with van der Waals surface area (Å²) >= 11 is 2.91. The quantitative estimate of drug-likeness (QED) is 0.534. The first kappa shape index (κ1) is 17.0. The van der Waals surface area contributed by atoms with E-state index in [0.717, 1.165) is 20.9 Å². The number of anilines is 1. The van der Waals surface area contributed by atoms with Crippen LogP contribution >= 0.6 is 23.1 Å². The molecule has 1 amide bonds. The second-order valence-corrected chi connectivity index (χ2v) is 8.79. The van der Waals surface area contributed by atoms with Crippen LogP contribution in [0.5, 0.6) is 0 Å². The minimum absolute atomic E-state index is 0.131. The number of benzene rings is 1. The fourth-order valence-electron chi connectivity index (χ4n) is 2.44. The van der Waals surface area contributed by atoms with Crippen molar-refractivity contribution >= 4 is 50.1 Å². The number of thiazole rings is 1. The maximum Gasteiger partial charge on any atom is 0.237 e. The predicted molar refractivity (Wildman–Crippen MR) is 103 cm³/mol. The molecule has 0 atom stereocenters. The largest absolute Gasteiger partial charge is 0.338 e. The number of para-hydroxylation sites is 1. The lowest BCUT2D eigenvalue weighted by Gasteiger charge is -2.12. The number of hydrogen-bond donors (Lipinski definition) is 1. The molecule has 0 fully saturated rings. The standard InChI is InChI=1S/C17H17N5O2S2/c1-17(2,3)12-8-14(24-21-12)18-13(23)9-25-15-19-20-16-22(15)10-6-4-5-7-11(10)26-16/h4-8H,9H2,1-3H3,(H,18,23). The third kappa shape index (κ3) is 3.19. The van der Waals surface area contributed by atoms with Crippen molar-refractivity contribution < 1.29 is 9.32 Å². The number of rotatable bonds is 4. The number of fused-ring (bicyclic) bond motifs is 3. The van der Waals surface area contributed by atoms with Gasteiger partial charge in [-0.2, -0.15) is 0 Å². The molecule has 1 N–H and O–H groups in total. The Labute approximate surface area is 157 Å². The zero-order chi connectivity index (χ0) is 18.3. The van der Waals surface area contributed by atoms with Crippen LogP contribution in [0.2, 0.25) is 0 Å². The molecule has 0 spiro atoms. The maximum atomic E-state index is 12.2. The van der Waals surface area contributed by atoms with Gasteiger partial charge in [-0.15, -0.1) is 10.2 Å². The predicted octanol–water partition coefficient (Wildman–Crippen LogP) is 3.96. The number of amides is 1. The molecule has 0 saturated carbocycles. The van der Waals surface area contributed by atoms with Gasteiger partial charge in [0, 0.05) is 11.5 Å². The van der Waals surface area contributed by atoms with Gasteiger partial charge in [0.25, 0.3) is 0 Å². The van der Waals surface area contributed by atoms with Gasteiger partial charge in [-0.25, -0.2) is 0 Å². The summed E-state index contributed by atoms with van der Waals surface area (Å²) in [5.41, 5.74) is 1.71. The van der Waals surface area contributed by atoms with Crippen LogP contribution in [0.4, 0.5) is 5.88 Å². The topological polar surface area (TPSA) is 85.3 Å². The third-order valence-electron chi connectivity index (χ3n) is 3.78. The molecule has 3 heterocycles. The second-order valence-electron chi connectivity index (χ2n) is 6.83. The van der Waals surface area contributed by atoms with E-state index in [2.05, 4.69) is 20.7 Å². The van der Waals surface area contributed by atoms with Gasteiger partial charge in [0.2, 0.25) is 16.8 Å². The molecule has 26 heavy (non-hydrogen) atoms. The summed E-state index contributed by atoms with van der Waals surface area (Å²) < 4.78 is 8.31. The number of nitrogens with one attached hydrogen (secondary N) is 1. The van der Waals surface area contributed by atoms with Crippen LogP contribution in [-0.4, -0.2) is 31.4 Å². The summed E-state index contributed by atoms with van der Waals surface area (Å²) in [4.78, 5) is 13.0. The van der Waals surface area contributed by atoms with E-state index in [1.165, 1.54) is 11.8 Å². The first-order chi connectivity index (χ1) is 12.4. The molecule has 0 aliphatic heterocycles. The van der Waals surface area contributed by atoms with Crippen molar-refractivity contribution in [3.63, 3.8) is 0 Å². The minimum atomic E-state index is -0.178. The summed E-state index contributed by atoms with van der Waals surface area (Å²) in [6.45, 7) is 6.11. The molecule has 0 unspecified atom stereocenters. The van der Waals surface area contributed by atoms with Crippen LogP contribution in [0.25, 0.3) is 15.2 Å². The molecule has 1 aromatic carbocycles. The average molecular weight is 387 g/mol. The fourth-order valence-corrected chi connectivity index (χ4v) is 4.21. The van der Waals surface area contributed by atoms with Crippen LogP contribution < -0.4 is 5.32 Å². The molecule has 0 saturated heterocycles. The highest BCUT2D eigenvalue weighted by atomic mass is 32.2. The Bertz CT molecular complexity index is 1090. The molecule has 0 aliphatic rings. The monoisotopic (exact) mass is 387 g/mol. The molecule has 0 aliphatic carbocycles. The van der Waals surface area contributed by atoms with E-state index in [-0.39, 0.29) is 17.1 Å². The number of hydrogen-bond acceptors (Lipinski definition) is 7. The molecule has 0 bridgehead atoms. The first-order valence-electron chi connectivity index (χ1n) is 8.04. The highest BCUT2D eigenvalue weighted by Crippen LogP contribution is 2.29. The normalized spacial score (nSPS) is 12.1. The van der Waals surface area contributed by atoms with E-state index in [9.17, 15) is 4.79 Å². The van der Waals surface area contributed by atoms with Gasteiger partial charge in [0.15, 0.2) is 5.16 Å². The van der Waals surface area contributed by atoms with Crippen molar-refractivity contribution in [1.29, 1.82) is 0 Å². The van der Waals surface area contributed by atoms with Crippen LogP contribution in [0.1, 0.15) is 26.5 Å². The van der Waals surface area contributed by atoms with Crippen LogP contribution in [0.3, 0.4) is 0 Å². The van der Waals surface area contributed by atoms with Gasteiger partial charge in [0.1, 0.15) is 0 Å². The summed E-state index contributed by atoms with van der Waals surface area (Å²) in [6, 6.07) is 9.80. The van der Waals surface area contributed by atoms with E-state index in [1.807, 2.05) is 49.4 Å². The summed E-state index contributed by atoms with van der Waals surface area (Å²) in [6.07, 6.45) is 0. The number of nitrogens with zero attached hydrogens (tertiary/aromatic N) is 4. The summed E-state index contributed by atoms with van der Waals surface area (Å²) in [7, 11) is 0. The van der Waals surface area contributed by atoms with E-state index >= 15 is 0 Å². The lowest BCUT2D eigenvalue weighted by Crippen LogP contribution is -2.14. The minimum Gasteiger partial charge on any atom is -0.338 e. The molecule has 9 heteroatoms. The molecule has 0 radical (unpaired) electrons. The Morgan fingerprint density at radius 3 is 2.88 bits per heavy atom. The molecule has 4 aromatic rings. The molecule has 134 valence electrons. The van der Waals surface area contributed by atoms with Crippen molar-refractivity contribution in [2.24, 2.45) is 0 Å². The smallest absolute Gasteiger partial charge is 0.237 e. The van der Waals surface area contributed by atoms with Gasteiger partial charge < -0.3 is 4.52 Å². The van der Waals surface area contributed by atoms with Gasteiger partial charge in [-0.05, 0) is 12.1 Å². The van der Waals surface area contributed by atoms with Crippen LogP contribution in [-0.2, 0) is 10.2 Å². The SMILES string of the molecule is CC(C)(C)c1cc(NC(=O)CSc2nnc3sc4ccccc4n23)on1. The van der Waals surface area contributed by atoms with Crippen molar-refractivity contribution in [3.8, 4) is 0 Å². The number of aromatic nitrogens is 4. The van der Waals surface area contributed by atoms with Gasteiger partial charge in [-0.3, -0.25) is 14.5 Å². The summed E-state index contributed by atoms with van der Waals surface area (Å²) in [5, 5.41) is 15.8. The Morgan fingerprint density at radius 1 is 1.31 bits per heavy atom. The average Bonchev–Trinajstić information content (AvgIpc) is 3.27. The molecular formula is C17H17N5O2S2. The Kier molecular flexibility index (Phi) is 4.20. The van der Waals surface area contributed by atoms with Crippen molar-refractivity contribution in [2.45, 2.75) is 31.3 Å². The maximum absolute atomic E-state index is 12.2. The zero-order valence-electron chi connectivity index (χ0n) is 14.5. The van der Waals surface area contributed by atoms with E-state index in [1.54, 1.807) is 17.4 Å². The Morgan fingerprint density at radius 2 is 2.12 bits per heavy atom. The second kappa shape index (κ2) is 6.40. The molecule has 4 rings (SSSR count). The van der Waals surface area contributed by atoms with E-state index in [0.29, 0.717) is 11.0 Å².